The SMILES string of the molecule is O=C(N[C@@H](c1ccccc1Cl)C(Cl)(Cl)Cl)Oc1cccc([N+](=O)[O-])c1. The molecule has 2 aromatic rings. The number of nitro groups is 1. The highest BCUT2D eigenvalue weighted by Crippen LogP contribution is 2.42. The van der Waals surface area contributed by atoms with Crippen molar-refractivity contribution in [2.45, 2.75) is 9.83 Å². The Morgan fingerprint density at radius 3 is 2.44 bits per heavy atom. The Bertz CT molecular complexity index is 795. The van der Waals surface area contributed by atoms with Crippen LogP contribution in [0.4, 0.5) is 10.5 Å². The highest BCUT2D eigenvalue weighted by Gasteiger charge is 2.37. The molecule has 0 aliphatic carbocycles. The minimum atomic E-state index is -1.91. The van der Waals surface area contributed by atoms with E-state index >= 15 is 0 Å². The molecule has 0 unspecified atom stereocenters. The summed E-state index contributed by atoms with van der Waals surface area (Å²) in [5, 5.41) is 13.4. The number of halogens is 4. The van der Waals surface area contributed by atoms with Crippen molar-refractivity contribution in [3.63, 3.8) is 0 Å². The Morgan fingerprint density at radius 2 is 1.84 bits per heavy atom. The number of carbonyl (C=O) groups is 1. The molecule has 0 aliphatic rings. The number of benzene rings is 2. The molecule has 2 aromatic carbocycles. The van der Waals surface area contributed by atoms with Gasteiger partial charge in [-0.15, -0.1) is 0 Å². The molecular formula is C15H10Cl4N2O4. The van der Waals surface area contributed by atoms with Gasteiger partial charge in [0.05, 0.1) is 11.0 Å². The Morgan fingerprint density at radius 1 is 1.16 bits per heavy atom. The van der Waals surface area contributed by atoms with Crippen molar-refractivity contribution >= 4 is 58.2 Å². The van der Waals surface area contributed by atoms with Crippen LogP contribution in [0.2, 0.25) is 5.02 Å². The Kier molecular flexibility index (Phi) is 6.35. The maximum Gasteiger partial charge on any atom is 0.413 e. The van der Waals surface area contributed by atoms with Crippen LogP contribution in [0.5, 0.6) is 5.75 Å². The molecule has 6 nitrogen and oxygen atoms in total. The third-order valence-electron chi connectivity index (χ3n) is 3.04. The standard InChI is InChI=1S/C15H10Cl4N2O4/c16-12-7-2-1-6-11(12)13(15(17,18)19)20-14(22)25-10-5-3-4-9(8-10)21(23)24/h1-8,13H,(H,20,22)/t13-/m0/s1. The zero-order chi connectivity index (χ0) is 18.6. The van der Waals surface area contributed by atoms with Crippen LogP contribution in [0.15, 0.2) is 48.5 Å². The Labute approximate surface area is 162 Å². The van der Waals surface area contributed by atoms with Gasteiger partial charge in [0.15, 0.2) is 0 Å². The van der Waals surface area contributed by atoms with Gasteiger partial charge in [-0.05, 0) is 17.7 Å². The predicted molar refractivity (Wildman–Crippen MR) is 96.7 cm³/mol. The van der Waals surface area contributed by atoms with E-state index in [1.165, 1.54) is 18.2 Å². The number of rotatable bonds is 4. The molecule has 1 amide bonds. The summed E-state index contributed by atoms with van der Waals surface area (Å²) in [6.45, 7) is 0. The van der Waals surface area contributed by atoms with Crippen molar-refractivity contribution in [3.05, 3.63) is 69.2 Å². The van der Waals surface area contributed by atoms with Gasteiger partial charge in [0.25, 0.3) is 5.69 Å². The number of carbonyl (C=O) groups excluding carboxylic acids is 1. The smallest absolute Gasteiger partial charge is 0.410 e. The largest absolute Gasteiger partial charge is 0.413 e. The monoisotopic (exact) mass is 422 g/mol. The van der Waals surface area contributed by atoms with E-state index in [2.05, 4.69) is 5.32 Å². The average Bonchev–Trinajstić information content (AvgIpc) is 2.52. The molecule has 0 saturated heterocycles. The number of hydrogen-bond donors (Lipinski definition) is 1. The molecular weight excluding hydrogens is 414 g/mol. The van der Waals surface area contributed by atoms with Gasteiger partial charge in [0.2, 0.25) is 3.79 Å². The van der Waals surface area contributed by atoms with Gasteiger partial charge < -0.3 is 10.1 Å². The second-order valence-electron chi connectivity index (χ2n) is 4.78. The summed E-state index contributed by atoms with van der Waals surface area (Å²) in [7, 11) is 0. The lowest BCUT2D eigenvalue weighted by Gasteiger charge is -2.26. The first-order chi connectivity index (χ1) is 11.7. The zero-order valence-electron chi connectivity index (χ0n) is 12.3. The first-order valence-electron chi connectivity index (χ1n) is 6.72. The minimum Gasteiger partial charge on any atom is -0.410 e. The van der Waals surface area contributed by atoms with E-state index in [4.69, 9.17) is 51.1 Å². The summed E-state index contributed by atoms with van der Waals surface area (Å²) < 4.78 is 3.11. The highest BCUT2D eigenvalue weighted by atomic mass is 35.6. The molecule has 1 N–H and O–H groups in total. The lowest BCUT2D eigenvalue weighted by atomic mass is 10.1. The number of ether oxygens (including phenoxy) is 1. The summed E-state index contributed by atoms with van der Waals surface area (Å²) >= 11 is 23.9. The van der Waals surface area contributed by atoms with Gasteiger partial charge >= 0.3 is 6.09 Å². The van der Waals surface area contributed by atoms with Crippen LogP contribution in [0, 0.1) is 10.1 Å². The fraction of sp³-hybridized carbons (Fsp3) is 0.133. The molecule has 25 heavy (non-hydrogen) atoms. The molecule has 10 heteroatoms. The van der Waals surface area contributed by atoms with E-state index in [9.17, 15) is 14.9 Å². The van der Waals surface area contributed by atoms with Crippen LogP contribution in [-0.4, -0.2) is 14.8 Å². The van der Waals surface area contributed by atoms with E-state index in [1.807, 2.05) is 0 Å². The first-order valence-corrected chi connectivity index (χ1v) is 8.23. The normalized spacial score (nSPS) is 12.3. The number of nitrogens with one attached hydrogen (secondary N) is 1. The fourth-order valence-electron chi connectivity index (χ4n) is 1.96. The molecule has 0 bridgehead atoms. The number of nitro benzene ring substituents is 1. The molecule has 2 rings (SSSR count). The Balaban J connectivity index is 2.20. The van der Waals surface area contributed by atoms with Gasteiger partial charge in [-0.2, -0.15) is 0 Å². The molecule has 0 fully saturated rings. The third kappa shape index (κ3) is 5.37. The molecule has 0 radical (unpaired) electrons. The van der Waals surface area contributed by atoms with Gasteiger partial charge in [-0.25, -0.2) is 4.79 Å². The van der Waals surface area contributed by atoms with E-state index in [0.29, 0.717) is 5.56 Å². The van der Waals surface area contributed by atoms with Crippen molar-refractivity contribution in [1.29, 1.82) is 0 Å². The van der Waals surface area contributed by atoms with Crippen molar-refractivity contribution in [2.24, 2.45) is 0 Å². The lowest BCUT2D eigenvalue weighted by molar-refractivity contribution is -0.384. The van der Waals surface area contributed by atoms with Crippen LogP contribution in [0.3, 0.4) is 0 Å². The summed E-state index contributed by atoms with van der Waals surface area (Å²) in [4.78, 5) is 22.3. The van der Waals surface area contributed by atoms with Crippen LogP contribution in [0.25, 0.3) is 0 Å². The van der Waals surface area contributed by atoms with Crippen LogP contribution < -0.4 is 10.1 Å². The number of non-ortho nitro benzene ring substituents is 1. The maximum absolute atomic E-state index is 12.1. The van der Waals surface area contributed by atoms with E-state index < -0.39 is 20.9 Å². The minimum absolute atomic E-state index is 0.0334. The quantitative estimate of drug-likeness (QED) is 0.402. The predicted octanol–water partition coefficient (Wildman–Crippen LogP) is 5.45. The van der Waals surface area contributed by atoms with Crippen molar-refractivity contribution in [1.82, 2.24) is 5.32 Å². The van der Waals surface area contributed by atoms with Gasteiger partial charge in [-0.3, -0.25) is 10.1 Å². The summed E-state index contributed by atoms with van der Waals surface area (Å²) in [5.41, 5.74) is 0.148. The summed E-state index contributed by atoms with van der Waals surface area (Å²) in [6.07, 6.45) is -0.961. The molecule has 0 saturated carbocycles. The second-order valence-corrected chi connectivity index (χ2v) is 7.56. The summed E-state index contributed by atoms with van der Waals surface area (Å²) in [5.74, 6) is -0.0334. The van der Waals surface area contributed by atoms with E-state index in [0.717, 1.165) is 6.07 Å². The van der Waals surface area contributed by atoms with Crippen LogP contribution >= 0.6 is 46.4 Å². The molecule has 132 valence electrons. The Hall–Kier alpha value is -1.73. The second kappa shape index (κ2) is 8.10. The number of amides is 1. The highest BCUT2D eigenvalue weighted by molar-refractivity contribution is 6.68. The van der Waals surface area contributed by atoms with Crippen LogP contribution in [0.1, 0.15) is 11.6 Å². The zero-order valence-corrected chi connectivity index (χ0v) is 15.3. The molecule has 0 aliphatic heterocycles. The lowest BCUT2D eigenvalue weighted by Crippen LogP contribution is -2.38. The van der Waals surface area contributed by atoms with Gasteiger partial charge in [-0.1, -0.05) is 70.7 Å². The number of alkyl halides is 3. The molecule has 1 atom stereocenters. The average molecular weight is 424 g/mol. The molecule has 0 spiro atoms. The molecule has 0 aromatic heterocycles. The van der Waals surface area contributed by atoms with Crippen molar-refractivity contribution in [3.8, 4) is 5.75 Å². The summed E-state index contributed by atoms with van der Waals surface area (Å²) in [6, 6.07) is 10.5. The number of hydrogen-bond acceptors (Lipinski definition) is 4. The van der Waals surface area contributed by atoms with Crippen molar-refractivity contribution < 1.29 is 14.5 Å². The molecule has 0 heterocycles. The first kappa shape index (κ1) is 19.6. The van der Waals surface area contributed by atoms with Gasteiger partial charge in [0, 0.05) is 11.1 Å². The maximum atomic E-state index is 12.1. The fourth-order valence-corrected chi connectivity index (χ4v) is 2.72. The topological polar surface area (TPSA) is 81.5 Å². The van der Waals surface area contributed by atoms with E-state index in [1.54, 1.807) is 24.3 Å². The number of nitrogens with zero attached hydrogens (tertiary/aromatic N) is 1. The van der Waals surface area contributed by atoms with Gasteiger partial charge in [0.1, 0.15) is 11.8 Å². The van der Waals surface area contributed by atoms with Crippen molar-refractivity contribution in [2.75, 3.05) is 0 Å². The van der Waals surface area contributed by atoms with Crippen LogP contribution in [-0.2, 0) is 0 Å². The third-order valence-corrected chi connectivity index (χ3v) is 4.04. The van der Waals surface area contributed by atoms with E-state index in [-0.39, 0.29) is 16.5 Å².